The maximum atomic E-state index is 11.0. The Balaban J connectivity index is 0.000000212. The van der Waals surface area contributed by atoms with Gasteiger partial charge in [0.15, 0.2) is 0 Å². The predicted molar refractivity (Wildman–Crippen MR) is 430 cm³/mol. The molecule has 0 aromatic carbocycles. The van der Waals surface area contributed by atoms with Crippen LogP contribution in [0, 0.1) is 33.0 Å². The van der Waals surface area contributed by atoms with Crippen LogP contribution in [0.2, 0.25) is 0 Å². The second kappa shape index (κ2) is 34.6. The van der Waals surface area contributed by atoms with Crippen LogP contribution < -0.4 is 31.9 Å². The van der Waals surface area contributed by atoms with Crippen molar-refractivity contribution in [2.45, 2.75) is 340 Å². The molecule has 6 N–H and O–H groups in total. The zero-order valence-electron chi connectivity index (χ0n) is 69.6. The summed E-state index contributed by atoms with van der Waals surface area (Å²) in [6.45, 7) is 89.3. The average molecular weight is 1410 g/mol. The molecule has 13 fully saturated rings. The normalized spacial score (nSPS) is 26.9. The first kappa shape index (κ1) is 88.1. The Bertz CT molecular complexity index is 2670. The average Bonchev–Trinajstić information content (AvgIpc) is 0.938. The number of nitrogens with one attached hydrogen (secondary N) is 6. The fourth-order valence-electron chi connectivity index (χ4n) is 18.4. The third-order valence-corrected chi connectivity index (χ3v) is 24.0. The van der Waals surface area contributed by atoms with Crippen molar-refractivity contribution in [3.8, 4) is 0 Å². The van der Waals surface area contributed by atoms with E-state index in [-0.39, 0.29) is 35.9 Å². The minimum atomic E-state index is 0. The second-order valence-corrected chi connectivity index (χ2v) is 40.7. The lowest BCUT2D eigenvalue weighted by molar-refractivity contribution is -0.204. The van der Waals surface area contributed by atoms with Crippen molar-refractivity contribution in [2.75, 3.05) is 105 Å². The lowest BCUT2D eigenvalue weighted by atomic mass is 9.34. The van der Waals surface area contributed by atoms with Gasteiger partial charge in [-0.15, -0.1) is 0 Å². The zero-order chi connectivity index (χ0) is 75.2. The highest BCUT2D eigenvalue weighted by molar-refractivity contribution is 5.77. The van der Waals surface area contributed by atoms with E-state index in [9.17, 15) is 14.4 Å². The number of allylic oxidation sites excluding steroid dienone is 4. The van der Waals surface area contributed by atoms with Crippen LogP contribution in [0.25, 0.3) is 0 Å². The van der Waals surface area contributed by atoms with Gasteiger partial charge in [0.05, 0.1) is 0 Å². The third kappa shape index (κ3) is 26.4. The topological polar surface area (TPSA) is 146 Å². The van der Waals surface area contributed by atoms with Crippen molar-refractivity contribution in [1.29, 1.82) is 0 Å². The quantitative estimate of drug-likeness (QED) is 0.0981. The van der Waals surface area contributed by atoms with Gasteiger partial charge in [0.25, 0.3) is 0 Å². The summed E-state index contributed by atoms with van der Waals surface area (Å²) in [7, 11) is 0. The van der Waals surface area contributed by atoms with Gasteiger partial charge in [0.2, 0.25) is 11.8 Å². The molecular weight excluding hydrogens is 1250 g/mol. The maximum absolute atomic E-state index is 11.0. The molecule has 5 saturated carbocycles. The molecule has 0 aromatic rings. The molecule has 2 bridgehead atoms. The van der Waals surface area contributed by atoms with E-state index in [1.54, 1.807) is 20.8 Å². The Labute approximate surface area is 622 Å². The number of hydrogen-bond donors (Lipinski definition) is 6. The number of nitrogens with zero attached hydrogens (tertiary/aromatic N) is 7. The molecule has 0 aromatic heterocycles. The molecule has 4 spiro atoms. The van der Waals surface area contributed by atoms with E-state index in [0.717, 1.165) is 57.4 Å². The molecule has 2 amide bonds. The maximum Gasteiger partial charge on any atom is 0.217 e. The van der Waals surface area contributed by atoms with Crippen molar-refractivity contribution >= 4 is 17.6 Å². The smallest absolute Gasteiger partial charge is 0.217 e. The van der Waals surface area contributed by atoms with E-state index in [0.29, 0.717) is 73.6 Å². The summed E-state index contributed by atoms with van der Waals surface area (Å²) in [6, 6.07) is 2.86. The summed E-state index contributed by atoms with van der Waals surface area (Å²) in [6.07, 6.45) is 18.2. The van der Waals surface area contributed by atoms with E-state index < -0.39 is 0 Å². The van der Waals surface area contributed by atoms with Crippen molar-refractivity contribution < 1.29 is 14.4 Å². The van der Waals surface area contributed by atoms with Gasteiger partial charge >= 0.3 is 0 Å². The Kier molecular flexibility index (Phi) is 30.2. The molecular formula is C85H161N13O3. The summed E-state index contributed by atoms with van der Waals surface area (Å²) in [5.74, 6) is 1.40. The third-order valence-electron chi connectivity index (χ3n) is 24.0. The molecule has 13 rings (SSSR count). The predicted octanol–water partition coefficient (Wildman–Crippen LogP) is 14.2. The number of carbonyl (C=O) groups excluding carboxylic acids is 3. The molecule has 1 atom stereocenters. The fourth-order valence-corrected chi connectivity index (χ4v) is 18.4. The molecule has 16 nitrogen and oxygen atoms in total. The van der Waals surface area contributed by atoms with E-state index >= 15 is 0 Å². The van der Waals surface area contributed by atoms with Gasteiger partial charge < -0.3 is 51.4 Å². The second-order valence-electron chi connectivity index (χ2n) is 40.7. The highest BCUT2D eigenvalue weighted by atomic mass is 16.2. The SMILES string of the molecule is C.C=C(C)N1CC(CNC(C)(C)C)C1.C=C(C)N1CC2(C1)CN(C(C)(C)C)C2.C=C(C)N1CC2(CC(NC(C)(C)C)C2)C1.C=C1CCC2(CCN(C(C)(C)C)CC2)N1.CC(=O)CC12CC(CNC(C)C)(C1)C2.CC(=O)NC1CC2(C1)CN(C(C)C)C2.CC(=O)NC1CCCN(C(C)(C)C)CC1. The first-order chi connectivity index (χ1) is 45.8. The highest BCUT2D eigenvalue weighted by Crippen LogP contribution is 2.74. The largest absolute Gasteiger partial charge is 0.383 e. The van der Waals surface area contributed by atoms with Crippen LogP contribution in [0.15, 0.2) is 49.1 Å². The number of amides is 2. The number of piperidine rings is 1. The first-order valence-electron chi connectivity index (χ1n) is 39.7. The van der Waals surface area contributed by atoms with Crippen LogP contribution in [0.1, 0.15) is 277 Å². The van der Waals surface area contributed by atoms with Crippen molar-refractivity contribution in [2.24, 2.45) is 33.0 Å². The number of rotatable bonds is 14. The monoisotopic (exact) mass is 1410 g/mol. The molecule has 8 aliphatic heterocycles. The minimum absolute atomic E-state index is 0. The van der Waals surface area contributed by atoms with Crippen molar-refractivity contribution in [3.05, 3.63) is 49.1 Å². The summed E-state index contributed by atoms with van der Waals surface area (Å²) in [4.78, 5) is 50.1. The molecule has 16 heteroatoms. The fraction of sp³-hybridized carbons (Fsp3) is 0.871. The summed E-state index contributed by atoms with van der Waals surface area (Å²) >= 11 is 0. The molecule has 13 aliphatic rings. The van der Waals surface area contributed by atoms with Gasteiger partial charge in [-0.25, -0.2) is 0 Å². The van der Waals surface area contributed by atoms with Crippen molar-refractivity contribution in [3.63, 3.8) is 0 Å². The number of Topliss-reactive ketones (excluding diaryl/α,β-unsaturated/α-hetero) is 1. The Morgan fingerprint density at radius 2 is 0.990 bits per heavy atom. The van der Waals surface area contributed by atoms with Crippen LogP contribution in [-0.4, -0.2) is 220 Å². The first-order valence-corrected chi connectivity index (χ1v) is 39.7. The van der Waals surface area contributed by atoms with Gasteiger partial charge in [-0.1, -0.05) is 47.6 Å². The van der Waals surface area contributed by atoms with Gasteiger partial charge in [-0.2, -0.15) is 0 Å². The van der Waals surface area contributed by atoms with Gasteiger partial charge in [0.1, 0.15) is 5.78 Å². The lowest BCUT2D eigenvalue weighted by Gasteiger charge is -2.71. The van der Waals surface area contributed by atoms with Crippen LogP contribution in [0.4, 0.5) is 0 Å². The van der Waals surface area contributed by atoms with Gasteiger partial charge in [-0.05, 0) is 258 Å². The van der Waals surface area contributed by atoms with E-state index in [2.05, 4.69) is 245 Å². The van der Waals surface area contributed by atoms with Crippen LogP contribution in [0.5, 0.6) is 0 Å². The van der Waals surface area contributed by atoms with E-state index in [1.807, 2.05) is 0 Å². The van der Waals surface area contributed by atoms with Crippen molar-refractivity contribution in [1.82, 2.24) is 66.2 Å². The Hall–Kier alpha value is -3.51. The summed E-state index contributed by atoms with van der Waals surface area (Å²) in [5, 5.41) is 20.4. The Morgan fingerprint density at radius 1 is 0.535 bits per heavy atom. The molecule has 8 saturated heterocycles. The minimum Gasteiger partial charge on any atom is -0.383 e. The Morgan fingerprint density at radius 3 is 1.40 bits per heavy atom. The molecule has 1 unspecified atom stereocenters. The van der Waals surface area contributed by atoms with Crippen LogP contribution in [0.3, 0.4) is 0 Å². The number of ketones is 1. The summed E-state index contributed by atoms with van der Waals surface area (Å²) in [5.41, 5.74) is 9.63. The molecule has 5 aliphatic carbocycles. The summed E-state index contributed by atoms with van der Waals surface area (Å²) < 4.78 is 0. The van der Waals surface area contributed by atoms with E-state index in [4.69, 9.17) is 0 Å². The number of carbonyl (C=O) groups is 3. The lowest BCUT2D eigenvalue weighted by Crippen LogP contribution is -2.74. The molecule has 101 heavy (non-hydrogen) atoms. The number of hydrogen-bond acceptors (Lipinski definition) is 14. The highest BCUT2D eigenvalue weighted by Gasteiger charge is 2.67. The van der Waals surface area contributed by atoms with Gasteiger partial charge in [0, 0.05) is 221 Å². The molecule has 584 valence electrons. The zero-order valence-corrected chi connectivity index (χ0v) is 69.6. The number of likely N-dealkylation sites (tertiary alicyclic amines) is 7. The standard InChI is InChI=1S/2C13H24N2.C12H24N2O.C12H22N2.C12H21NO.C11H20N2O.C11H22N2.CH4/c1-10(2)15-8-13(9-15)6-11(7-13)14-12(3,4)5;1-11-5-6-13(14-11)7-9-15(10-8-13)12(2,3)4;1-10(15)13-11-6-5-8-14(9-7-11)12(2,3)4;1-10(2)13-6-12(7-13)8-14(9-12)11(3,4)5;1-9(2)13-8-12-5-11(6-12,7-12)4-10(3)14;1-8(2)13-6-11(7-13)4-10(5-11)12-9(3)14;1-9(2)13-7-10(8-13)6-12-11(3,4)5;/h11,14H,1,6-9H2,2-5H3;14H,1,5-10H2,2-4H3;11H,5-9H2,1-4H3,(H,13,15);1,6-9H2,2-5H3;9,13H,4-8H2,1-3H3;8,10H,4-7H2,1-3H3,(H,12,14);10,12H,1,6-8H2,2-5H3;1H4. The van der Waals surface area contributed by atoms with Crippen LogP contribution >= 0.6 is 0 Å². The van der Waals surface area contributed by atoms with Gasteiger partial charge in [-0.3, -0.25) is 29.2 Å². The van der Waals surface area contributed by atoms with Crippen LogP contribution in [-0.2, 0) is 14.4 Å². The molecule has 8 heterocycles. The molecule has 0 radical (unpaired) electrons. The van der Waals surface area contributed by atoms with E-state index in [1.165, 1.54) is 178 Å².